The van der Waals surface area contributed by atoms with E-state index in [1.54, 1.807) is 18.2 Å². The monoisotopic (exact) mass is 248 g/mol. The van der Waals surface area contributed by atoms with Crippen LogP contribution >= 0.6 is 0 Å². The Morgan fingerprint density at radius 1 is 1.28 bits per heavy atom. The third-order valence-electron chi connectivity index (χ3n) is 3.81. The summed E-state index contributed by atoms with van der Waals surface area (Å²) in [5, 5.41) is 18.3. The Kier molecular flexibility index (Phi) is 4.67. The van der Waals surface area contributed by atoms with Gasteiger partial charge in [0.05, 0.1) is 0 Å². The summed E-state index contributed by atoms with van der Waals surface area (Å²) in [4.78, 5) is 0. The molecule has 0 saturated heterocycles. The minimum atomic E-state index is -1.43. The van der Waals surface area contributed by atoms with Crippen LogP contribution in [0.1, 0.15) is 39.0 Å². The Morgan fingerprint density at radius 3 is 2.78 bits per heavy atom. The first-order valence-electron chi connectivity index (χ1n) is 6.83. The van der Waals surface area contributed by atoms with Crippen molar-refractivity contribution in [3.05, 3.63) is 24.3 Å². The zero-order chi connectivity index (χ0) is 13.0. The molecule has 0 amide bonds. The Morgan fingerprint density at radius 2 is 2.06 bits per heavy atom. The first-order chi connectivity index (χ1) is 8.70. The van der Waals surface area contributed by atoms with Gasteiger partial charge in [-0.3, -0.25) is 0 Å². The molecule has 0 aliphatic heterocycles. The van der Waals surface area contributed by atoms with Crippen LogP contribution in [0.4, 0.5) is 0 Å². The second-order valence-electron chi connectivity index (χ2n) is 5.06. The lowest BCUT2D eigenvalue weighted by Crippen LogP contribution is -2.32. The van der Waals surface area contributed by atoms with E-state index in [2.05, 4.69) is 6.92 Å². The zero-order valence-electron chi connectivity index (χ0n) is 10.9. The van der Waals surface area contributed by atoms with Crippen molar-refractivity contribution < 1.29 is 14.8 Å². The molecule has 18 heavy (non-hydrogen) atoms. The van der Waals surface area contributed by atoms with Crippen molar-refractivity contribution in [3.8, 4) is 5.75 Å². The molecule has 0 spiro atoms. The van der Waals surface area contributed by atoms with Gasteiger partial charge in [0, 0.05) is 0 Å². The molecule has 1 aromatic carbocycles. The molecule has 0 heterocycles. The SMILES string of the molecule is CCC1CCCCC1Oc1cccc(B(O)O)c1. The second kappa shape index (κ2) is 6.25. The van der Waals surface area contributed by atoms with E-state index >= 15 is 0 Å². The Bertz CT molecular complexity index is 381. The molecule has 1 aliphatic rings. The summed E-state index contributed by atoms with van der Waals surface area (Å²) in [6, 6.07) is 7.09. The van der Waals surface area contributed by atoms with Crippen LogP contribution in [0.3, 0.4) is 0 Å². The highest BCUT2D eigenvalue weighted by molar-refractivity contribution is 6.58. The van der Waals surface area contributed by atoms with Crippen LogP contribution < -0.4 is 10.2 Å². The van der Waals surface area contributed by atoms with Gasteiger partial charge in [0.15, 0.2) is 0 Å². The molecule has 1 fully saturated rings. The third-order valence-corrected chi connectivity index (χ3v) is 3.81. The van der Waals surface area contributed by atoms with Crippen LogP contribution in [0.5, 0.6) is 5.75 Å². The second-order valence-corrected chi connectivity index (χ2v) is 5.06. The molecule has 0 radical (unpaired) electrons. The molecule has 2 atom stereocenters. The van der Waals surface area contributed by atoms with Crippen LogP contribution in [0.25, 0.3) is 0 Å². The summed E-state index contributed by atoms with van der Waals surface area (Å²) < 4.78 is 6.03. The van der Waals surface area contributed by atoms with E-state index < -0.39 is 7.12 Å². The van der Waals surface area contributed by atoms with Crippen LogP contribution in [-0.2, 0) is 0 Å². The molecule has 1 aromatic rings. The van der Waals surface area contributed by atoms with Crippen molar-refractivity contribution in [1.82, 2.24) is 0 Å². The van der Waals surface area contributed by atoms with E-state index in [0.717, 1.165) is 18.6 Å². The highest BCUT2D eigenvalue weighted by atomic mass is 16.5. The van der Waals surface area contributed by atoms with E-state index in [-0.39, 0.29) is 6.10 Å². The maximum Gasteiger partial charge on any atom is 0.488 e. The lowest BCUT2D eigenvalue weighted by Gasteiger charge is -2.31. The molecule has 3 nitrogen and oxygen atoms in total. The molecule has 0 aromatic heterocycles. The predicted molar refractivity (Wildman–Crippen MR) is 72.9 cm³/mol. The van der Waals surface area contributed by atoms with Gasteiger partial charge in [0.2, 0.25) is 0 Å². The van der Waals surface area contributed by atoms with Crippen molar-refractivity contribution >= 4 is 12.6 Å². The van der Waals surface area contributed by atoms with Crippen LogP contribution in [0.2, 0.25) is 0 Å². The summed E-state index contributed by atoms with van der Waals surface area (Å²) in [5.41, 5.74) is 0.483. The quantitative estimate of drug-likeness (QED) is 0.797. The Hall–Kier alpha value is -0.995. The van der Waals surface area contributed by atoms with E-state index in [4.69, 9.17) is 14.8 Å². The van der Waals surface area contributed by atoms with Gasteiger partial charge in [-0.1, -0.05) is 25.5 Å². The topological polar surface area (TPSA) is 49.7 Å². The van der Waals surface area contributed by atoms with Gasteiger partial charge in [-0.25, -0.2) is 0 Å². The van der Waals surface area contributed by atoms with E-state index in [1.165, 1.54) is 19.3 Å². The predicted octanol–water partition coefficient (Wildman–Crippen LogP) is 1.71. The average Bonchev–Trinajstić information content (AvgIpc) is 2.39. The molecular formula is C14H21BO3. The highest BCUT2D eigenvalue weighted by Gasteiger charge is 2.25. The Labute approximate surface area is 109 Å². The normalized spacial score (nSPS) is 23.7. The van der Waals surface area contributed by atoms with Gasteiger partial charge in [-0.2, -0.15) is 0 Å². The van der Waals surface area contributed by atoms with Gasteiger partial charge in [0.25, 0.3) is 0 Å². The standard InChI is InChI=1S/C14H21BO3/c1-2-11-6-3-4-9-14(11)18-13-8-5-7-12(10-13)15(16)17/h5,7-8,10-11,14,16-17H,2-4,6,9H2,1H3. The Balaban J connectivity index is 2.05. The largest absolute Gasteiger partial charge is 0.490 e. The van der Waals surface area contributed by atoms with Gasteiger partial charge in [-0.05, 0) is 49.2 Å². The van der Waals surface area contributed by atoms with E-state index in [0.29, 0.717) is 11.4 Å². The average molecular weight is 248 g/mol. The summed E-state index contributed by atoms with van der Waals surface area (Å²) in [7, 11) is -1.43. The van der Waals surface area contributed by atoms with Crippen molar-refractivity contribution in [1.29, 1.82) is 0 Å². The number of hydrogen-bond acceptors (Lipinski definition) is 3. The van der Waals surface area contributed by atoms with Crippen LogP contribution in [0.15, 0.2) is 24.3 Å². The van der Waals surface area contributed by atoms with Gasteiger partial charge in [-0.15, -0.1) is 0 Å². The fourth-order valence-corrected chi connectivity index (χ4v) is 2.72. The van der Waals surface area contributed by atoms with Gasteiger partial charge in [0.1, 0.15) is 11.9 Å². The molecule has 1 aliphatic carbocycles. The number of benzene rings is 1. The molecule has 4 heteroatoms. The van der Waals surface area contributed by atoms with Crippen molar-refractivity contribution in [2.75, 3.05) is 0 Å². The summed E-state index contributed by atoms with van der Waals surface area (Å²) in [5.74, 6) is 1.37. The van der Waals surface area contributed by atoms with Crippen LogP contribution in [-0.4, -0.2) is 23.3 Å². The van der Waals surface area contributed by atoms with E-state index in [1.807, 2.05) is 6.07 Å². The minimum absolute atomic E-state index is 0.273. The number of ether oxygens (including phenoxy) is 1. The minimum Gasteiger partial charge on any atom is -0.490 e. The summed E-state index contributed by atoms with van der Waals surface area (Å²) in [6.45, 7) is 2.21. The molecule has 0 bridgehead atoms. The van der Waals surface area contributed by atoms with Gasteiger partial charge >= 0.3 is 7.12 Å². The lowest BCUT2D eigenvalue weighted by molar-refractivity contribution is 0.0904. The molecule has 1 saturated carbocycles. The molecule has 2 N–H and O–H groups in total. The molecule has 2 rings (SSSR count). The zero-order valence-corrected chi connectivity index (χ0v) is 10.9. The highest BCUT2D eigenvalue weighted by Crippen LogP contribution is 2.30. The van der Waals surface area contributed by atoms with Crippen LogP contribution in [0, 0.1) is 5.92 Å². The fourth-order valence-electron chi connectivity index (χ4n) is 2.72. The molecule has 98 valence electrons. The molecule has 2 unspecified atom stereocenters. The van der Waals surface area contributed by atoms with Crippen molar-refractivity contribution in [3.63, 3.8) is 0 Å². The van der Waals surface area contributed by atoms with E-state index in [9.17, 15) is 0 Å². The first-order valence-corrected chi connectivity index (χ1v) is 6.83. The first kappa shape index (κ1) is 13.4. The number of rotatable bonds is 4. The van der Waals surface area contributed by atoms with Crippen molar-refractivity contribution in [2.24, 2.45) is 5.92 Å². The molecular weight excluding hydrogens is 227 g/mol. The number of hydrogen-bond donors (Lipinski definition) is 2. The van der Waals surface area contributed by atoms with Crippen molar-refractivity contribution in [2.45, 2.75) is 45.1 Å². The fraction of sp³-hybridized carbons (Fsp3) is 0.571. The summed E-state index contributed by atoms with van der Waals surface area (Å²) >= 11 is 0. The van der Waals surface area contributed by atoms with Gasteiger partial charge < -0.3 is 14.8 Å². The summed E-state index contributed by atoms with van der Waals surface area (Å²) in [6.07, 6.45) is 6.29. The maximum atomic E-state index is 9.15. The lowest BCUT2D eigenvalue weighted by atomic mass is 9.80. The maximum absolute atomic E-state index is 9.15. The third kappa shape index (κ3) is 3.27. The smallest absolute Gasteiger partial charge is 0.488 e.